The lowest BCUT2D eigenvalue weighted by Crippen LogP contribution is -2.08. The van der Waals surface area contributed by atoms with Crippen LogP contribution in [0.5, 0.6) is 23.0 Å². The molecule has 0 fully saturated rings. The van der Waals surface area contributed by atoms with Crippen LogP contribution in [0.1, 0.15) is 0 Å². The molecule has 1 aromatic heterocycles. The summed E-state index contributed by atoms with van der Waals surface area (Å²) in [5.74, 6) is 14.6. The smallest absolute Gasteiger partial charge is 0.227 e. The van der Waals surface area contributed by atoms with Crippen molar-refractivity contribution >= 4 is 94.4 Å². The summed E-state index contributed by atoms with van der Waals surface area (Å²) in [5, 5.41) is 13.6. The van der Waals surface area contributed by atoms with Gasteiger partial charge in [0.25, 0.3) is 0 Å². The molecule has 2 aliphatic heterocycles. The van der Waals surface area contributed by atoms with Gasteiger partial charge in [0.05, 0.1) is 37.8 Å². The van der Waals surface area contributed by atoms with Crippen LogP contribution in [0.15, 0.2) is 41.6 Å². The quantitative estimate of drug-likeness (QED) is 0.151. The highest BCUT2D eigenvalue weighted by Gasteiger charge is 2.23. The van der Waals surface area contributed by atoms with E-state index in [9.17, 15) is 10.1 Å². The number of fused-ring (bicyclic) bond motifs is 2. The number of imidazole rings is 1. The van der Waals surface area contributed by atoms with E-state index in [1.54, 1.807) is 10.6 Å². The zero-order valence-corrected chi connectivity index (χ0v) is 32.2. The number of anilines is 1. The first kappa shape index (κ1) is 37.8. The fourth-order valence-corrected chi connectivity index (χ4v) is 11.0. The van der Waals surface area contributed by atoms with E-state index in [1.807, 2.05) is 101 Å². The lowest BCUT2D eigenvalue weighted by atomic mass is 10.2. The van der Waals surface area contributed by atoms with E-state index < -0.39 is 0 Å². The molecule has 0 bridgehead atoms. The predicted octanol–water partition coefficient (Wildman–Crippen LogP) is 8.14. The number of nitrogens with one attached hydrogen (secondary N) is 1. The van der Waals surface area contributed by atoms with Gasteiger partial charge in [0, 0.05) is 81.2 Å². The molecule has 3 aromatic rings. The first-order valence-corrected chi connectivity index (χ1v) is 22.9. The van der Waals surface area contributed by atoms with Gasteiger partial charge in [-0.25, -0.2) is 5.48 Å². The fourth-order valence-electron chi connectivity index (χ4n) is 4.81. The third-order valence-electron chi connectivity index (χ3n) is 7.02. The number of hydrogen-bond donors (Lipinski definition) is 2. The zero-order chi connectivity index (χ0) is 33.4. The van der Waals surface area contributed by atoms with E-state index in [-0.39, 0.29) is 16.4 Å². The van der Waals surface area contributed by atoms with Gasteiger partial charge in [-0.05, 0) is 41.7 Å². The third kappa shape index (κ3) is 10.8. The second-order valence-corrected chi connectivity index (χ2v) is 17.9. The number of hydrogen-bond acceptors (Lipinski definition) is 15. The van der Waals surface area contributed by atoms with Gasteiger partial charge < -0.3 is 18.9 Å². The Hall–Kier alpha value is -1.47. The fraction of sp³-hybridized carbons (Fsp3) is 0.516. The minimum atomic E-state index is -0.0930. The average Bonchev–Trinajstić information content (AvgIpc) is 3.38. The van der Waals surface area contributed by atoms with E-state index >= 15 is 0 Å². The molecule has 0 unspecified atom stereocenters. The molecule has 17 heteroatoms. The Labute approximate surface area is 312 Å². The lowest BCUT2D eigenvalue weighted by Gasteiger charge is -2.15. The van der Waals surface area contributed by atoms with Crippen LogP contribution in [-0.2, 0) is 0 Å². The number of ether oxygens (including phenoxy) is 4. The summed E-state index contributed by atoms with van der Waals surface area (Å²) < 4.78 is 27.9. The summed E-state index contributed by atoms with van der Waals surface area (Å²) in [6.07, 6.45) is 0. The van der Waals surface area contributed by atoms with E-state index in [1.165, 1.54) is 4.57 Å². The van der Waals surface area contributed by atoms with Crippen LogP contribution in [0.3, 0.4) is 0 Å². The first-order valence-electron chi connectivity index (χ1n) is 15.6. The molecule has 0 saturated carbocycles. The number of nitroso groups, excluding NO2 is 1. The molecular weight excluding hydrogens is 749 g/mol. The SMILES string of the molecule is O=Nc1c(NO)n(-c2ccc3c(c2)OCCSCCSCCSCCO3)c(=S)n1-c1ccc2c(c1)OCCSCCSCCSCCO2. The molecule has 0 amide bonds. The van der Waals surface area contributed by atoms with Crippen molar-refractivity contribution in [1.82, 2.24) is 9.13 Å². The van der Waals surface area contributed by atoms with E-state index in [0.29, 0.717) is 60.8 Å². The van der Waals surface area contributed by atoms with E-state index in [0.717, 1.165) is 69.0 Å². The monoisotopic (exact) mass is 788 g/mol. The summed E-state index contributed by atoms with van der Waals surface area (Å²) in [6, 6.07) is 10.9. The van der Waals surface area contributed by atoms with Crippen LogP contribution in [0, 0.1) is 9.68 Å². The molecule has 0 aliphatic carbocycles. The van der Waals surface area contributed by atoms with Gasteiger partial charge in [-0.2, -0.15) is 70.6 Å². The number of benzene rings is 2. The molecule has 2 N–H and O–H groups in total. The number of rotatable bonds is 4. The number of nitrogens with zero attached hydrogens (tertiary/aromatic N) is 3. The Bertz CT molecular complexity index is 1530. The summed E-state index contributed by atoms with van der Waals surface area (Å²) in [4.78, 5) is 12.3. The van der Waals surface area contributed by atoms with Crippen molar-refractivity contribution in [3.8, 4) is 34.4 Å². The first-order chi connectivity index (χ1) is 23.7. The highest BCUT2D eigenvalue weighted by molar-refractivity contribution is 8.05. The molecule has 0 saturated heterocycles. The molecule has 48 heavy (non-hydrogen) atoms. The Morgan fingerprint density at radius 2 is 0.958 bits per heavy atom. The second kappa shape index (κ2) is 21.0. The van der Waals surface area contributed by atoms with Gasteiger partial charge in [-0.3, -0.25) is 14.3 Å². The molecule has 3 heterocycles. The molecule has 2 aliphatic rings. The highest BCUT2D eigenvalue weighted by atomic mass is 32.2. The normalized spacial score (nSPS) is 17.9. The van der Waals surface area contributed by atoms with Crippen LogP contribution in [0.4, 0.5) is 11.6 Å². The summed E-state index contributed by atoms with van der Waals surface area (Å²) in [7, 11) is 0. The van der Waals surface area contributed by atoms with Crippen molar-refractivity contribution in [1.29, 1.82) is 0 Å². The van der Waals surface area contributed by atoms with Crippen LogP contribution in [-0.4, -0.2) is 110 Å². The molecule has 2 aromatic carbocycles. The maximum atomic E-state index is 12.3. The highest BCUT2D eigenvalue weighted by Crippen LogP contribution is 2.39. The van der Waals surface area contributed by atoms with Gasteiger partial charge in [-0.15, -0.1) is 4.91 Å². The van der Waals surface area contributed by atoms with Crippen molar-refractivity contribution < 1.29 is 24.2 Å². The van der Waals surface area contributed by atoms with Crippen molar-refractivity contribution in [3.05, 3.63) is 46.1 Å². The predicted molar refractivity (Wildman–Crippen MR) is 213 cm³/mol. The van der Waals surface area contributed by atoms with Crippen LogP contribution < -0.4 is 24.4 Å². The molecule has 0 spiro atoms. The van der Waals surface area contributed by atoms with Crippen molar-refractivity contribution in [2.24, 2.45) is 5.18 Å². The second-order valence-electron chi connectivity index (χ2n) is 10.2. The van der Waals surface area contributed by atoms with Crippen LogP contribution in [0.2, 0.25) is 0 Å². The molecule has 10 nitrogen and oxygen atoms in total. The maximum absolute atomic E-state index is 12.3. The van der Waals surface area contributed by atoms with E-state index in [2.05, 4.69) is 10.7 Å². The minimum Gasteiger partial charge on any atom is -0.489 e. The third-order valence-corrected chi connectivity index (χ3v) is 14.2. The van der Waals surface area contributed by atoms with Gasteiger partial charge >= 0.3 is 0 Å². The molecule has 5 rings (SSSR count). The van der Waals surface area contributed by atoms with Crippen molar-refractivity contribution in [2.75, 3.05) is 101 Å². The summed E-state index contributed by atoms with van der Waals surface area (Å²) >= 11 is 17.4. The maximum Gasteiger partial charge on any atom is 0.227 e. The Kier molecular flexibility index (Phi) is 16.5. The number of aromatic nitrogens is 2. The Morgan fingerprint density at radius 1 is 0.583 bits per heavy atom. The standard InChI is InChI=1S/C31H40N4O6S7/c36-32-29-30(33-37)35(24-2-4-26-28(22-24)41-8-12-46-16-20-48-18-14-44-10-6-39-26)31(42)34(29)23-1-3-25-27(21-23)40-7-11-45-15-19-47-17-13-43-9-5-38-25/h1-4,21-22,32,36H,5-20H2. The minimum absolute atomic E-state index is 0.0251. The summed E-state index contributed by atoms with van der Waals surface area (Å²) in [5.41, 5.74) is 3.28. The van der Waals surface area contributed by atoms with Crippen molar-refractivity contribution in [2.45, 2.75) is 0 Å². The Balaban J connectivity index is 1.46. The molecular formula is C31H40N4O6S7. The topological polar surface area (TPSA) is 108 Å². The van der Waals surface area contributed by atoms with Gasteiger partial charge in [0.2, 0.25) is 5.82 Å². The molecule has 0 radical (unpaired) electrons. The van der Waals surface area contributed by atoms with Crippen molar-refractivity contribution in [3.63, 3.8) is 0 Å². The average molecular weight is 789 g/mol. The summed E-state index contributed by atoms with van der Waals surface area (Å²) in [6.45, 7) is 2.12. The van der Waals surface area contributed by atoms with Crippen LogP contribution >= 0.6 is 82.8 Å². The van der Waals surface area contributed by atoms with Gasteiger partial charge in [-0.1, -0.05) is 0 Å². The zero-order valence-electron chi connectivity index (χ0n) is 26.5. The lowest BCUT2D eigenvalue weighted by molar-refractivity contribution is 0.291. The molecule has 262 valence electrons. The van der Waals surface area contributed by atoms with Crippen LogP contribution in [0.25, 0.3) is 11.4 Å². The molecule has 0 atom stereocenters. The largest absolute Gasteiger partial charge is 0.489 e. The Morgan fingerprint density at radius 3 is 1.35 bits per heavy atom. The van der Waals surface area contributed by atoms with Gasteiger partial charge in [0.15, 0.2) is 33.6 Å². The van der Waals surface area contributed by atoms with E-state index in [4.69, 9.17) is 31.2 Å². The van der Waals surface area contributed by atoms with Gasteiger partial charge in [0.1, 0.15) is 0 Å². The number of thioether (sulfide) groups is 6.